The largest absolute Gasteiger partial charge is 0.493 e. The normalized spacial score (nSPS) is 10.2. The third-order valence-corrected chi connectivity index (χ3v) is 2.48. The first-order chi connectivity index (χ1) is 8.22. The van der Waals surface area contributed by atoms with Gasteiger partial charge in [-0.1, -0.05) is 30.3 Å². The molecule has 0 aliphatic heterocycles. The SMILES string of the molecule is COc1ccc2ccccc2c1OCC(C)=O. The molecule has 0 fully saturated rings. The summed E-state index contributed by atoms with van der Waals surface area (Å²) >= 11 is 0. The summed E-state index contributed by atoms with van der Waals surface area (Å²) in [5, 5.41) is 2.01. The average Bonchev–Trinajstić information content (AvgIpc) is 2.35. The van der Waals surface area contributed by atoms with Crippen molar-refractivity contribution >= 4 is 16.6 Å². The summed E-state index contributed by atoms with van der Waals surface area (Å²) in [5.41, 5.74) is 0. The minimum absolute atomic E-state index is 0.0139. The molecule has 0 heterocycles. The molecule has 0 aliphatic rings. The topological polar surface area (TPSA) is 35.5 Å². The van der Waals surface area contributed by atoms with E-state index in [0.29, 0.717) is 11.5 Å². The van der Waals surface area contributed by atoms with Crippen LogP contribution in [0.1, 0.15) is 6.92 Å². The van der Waals surface area contributed by atoms with Crippen molar-refractivity contribution in [3.63, 3.8) is 0 Å². The van der Waals surface area contributed by atoms with Crippen LogP contribution in [0.2, 0.25) is 0 Å². The summed E-state index contributed by atoms with van der Waals surface area (Å²) in [4.78, 5) is 11.0. The Kier molecular flexibility index (Phi) is 3.28. The van der Waals surface area contributed by atoms with Crippen molar-refractivity contribution in [3.8, 4) is 11.5 Å². The minimum Gasteiger partial charge on any atom is -0.493 e. The van der Waals surface area contributed by atoms with Crippen molar-refractivity contribution < 1.29 is 14.3 Å². The Morgan fingerprint density at radius 1 is 1.18 bits per heavy atom. The van der Waals surface area contributed by atoms with Crippen molar-refractivity contribution in [2.75, 3.05) is 13.7 Å². The van der Waals surface area contributed by atoms with Gasteiger partial charge in [-0.2, -0.15) is 0 Å². The van der Waals surface area contributed by atoms with Crippen LogP contribution in [0.15, 0.2) is 36.4 Å². The lowest BCUT2D eigenvalue weighted by atomic mass is 10.1. The Morgan fingerprint density at radius 3 is 2.65 bits per heavy atom. The van der Waals surface area contributed by atoms with Crippen molar-refractivity contribution in [2.45, 2.75) is 6.92 Å². The molecule has 88 valence electrons. The Hall–Kier alpha value is -2.03. The van der Waals surface area contributed by atoms with Crippen molar-refractivity contribution in [2.24, 2.45) is 0 Å². The van der Waals surface area contributed by atoms with Gasteiger partial charge in [-0.25, -0.2) is 0 Å². The zero-order valence-electron chi connectivity index (χ0n) is 9.90. The second-order valence-corrected chi connectivity index (χ2v) is 3.81. The average molecular weight is 230 g/mol. The van der Waals surface area contributed by atoms with E-state index in [0.717, 1.165) is 10.8 Å². The molecule has 3 nitrogen and oxygen atoms in total. The maximum absolute atomic E-state index is 11.0. The molecule has 2 rings (SSSR count). The van der Waals surface area contributed by atoms with Crippen LogP contribution in [-0.4, -0.2) is 19.5 Å². The molecular formula is C14H14O3. The second kappa shape index (κ2) is 4.87. The zero-order valence-corrected chi connectivity index (χ0v) is 9.90. The molecule has 3 heteroatoms. The highest BCUT2D eigenvalue weighted by Gasteiger charge is 2.09. The van der Waals surface area contributed by atoms with Gasteiger partial charge in [0.2, 0.25) is 0 Å². The standard InChI is InChI=1S/C14H14O3/c1-10(15)9-17-14-12-6-4-3-5-11(12)7-8-13(14)16-2/h3-8H,9H2,1-2H3. The van der Waals surface area contributed by atoms with E-state index in [4.69, 9.17) is 9.47 Å². The lowest BCUT2D eigenvalue weighted by Gasteiger charge is -2.12. The summed E-state index contributed by atoms with van der Waals surface area (Å²) in [6.07, 6.45) is 0. The first-order valence-electron chi connectivity index (χ1n) is 5.40. The highest BCUT2D eigenvalue weighted by Crippen LogP contribution is 2.35. The Morgan fingerprint density at radius 2 is 1.94 bits per heavy atom. The van der Waals surface area contributed by atoms with Gasteiger partial charge in [-0.05, 0) is 18.4 Å². The fraction of sp³-hybridized carbons (Fsp3) is 0.214. The maximum atomic E-state index is 11.0. The monoisotopic (exact) mass is 230 g/mol. The minimum atomic E-state index is -0.0139. The number of Topliss-reactive ketones (excluding diaryl/α,β-unsaturated/α-hetero) is 1. The molecule has 17 heavy (non-hydrogen) atoms. The predicted molar refractivity (Wildman–Crippen MR) is 66.7 cm³/mol. The lowest BCUT2D eigenvalue weighted by Crippen LogP contribution is -2.07. The quantitative estimate of drug-likeness (QED) is 0.810. The number of ether oxygens (including phenoxy) is 2. The molecule has 0 bridgehead atoms. The zero-order chi connectivity index (χ0) is 12.3. The van der Waals surface area contributed by atoms with Gasteiger partial charge in [0.05, 0.1) is 7.11 Å². The molecule has 0 saturated heterocycles. The third-order valence-electron chi connectivity index (χ3n) is 2.48. The van der Waals surface area contributed by atoms with Gasteiger partial charge < -0.3 is 9.47 Å². The summed E-state index contributed by atoms with van der Waals surface area (Å²) in [5.74, 6) is 1.26. The number of rotatable bonds is 4. The summed E-state index contributed by atoms with van der Waals surface area (Å²) in [6, 6.07) is 11.7. The van der Waals surface area contributed by atoms with Crippen molar-refractivity contribution in [1.29, 1.82) is 0 Å². The number of benzene rings is 2. The molecule has 0 amide bonds. The molecule has 0 aromatic heterocycles. The number of methoxy groups -OCH3 is 1. The van der Waals surface area contributed by atoms with Crippen LogP contribution in [-0.2, 0) is 4.79 Å². The molecule has 0 N–H and O–H groups in total. The smallest absolute Gasteiger partial charge is 0.169 e. The van der Waals surface area contributed by atoms with E-state index in [-0.39, 0.29) is 12.4 Å². The van der Waals surface area contributed by atoms with E-state index < -0.39 is 0 Å². The Balaban J connectivity index is 2.50. The van der Waals surface area contributed by atoms with Crippen molar-refractivity contribution in [1.82, 2.24) is 0 Å². The van der Waals surface area contributed by atoms with E-state index in [9.17, 15) is 4.79 Å². The van der Waals surface area contributed by atoms with Crippen LogP contribution in [0.5, 0.6) is 11.5 Å². The van der Waals surface area contributed by atoms with Gasteiger partial charge in [-0.3, -0.25) is 4.79 Å². The van der Waals surface area contributed by atoms with Crippen LogP contribution in [0.25, 0.3) is 10.8 Å². The van der Waals surface area contributed by atoms with E-state index in [1.54, 1.807) is 7.11 Å². The Labute approximate surface area is 100.0 Å². The first-order valence-corrected chi connectivity index (χ1v) is 5.40. The number of fused-ring (bicyclic) bond motifs is 1. The summed E-state index contributed by atoms with van der Waals surface area (Å²) < 4.78 is 10.8. The highest BCUT2D eigenvalue weighted by atomic mass is 16.5. The van der Waals surface area contributed by atoms with E-state index in [1.807, 2.05) is 36.4 Å². The highest BCUT2D eigenvalue weighted by molar-refractivity contribution is 5.91. The van der Waals surface area contributed by atoms with E-state index >= 15 is 0 Å². The van der Waals surface area contributed by atoms with Gasteiger partial charge in [-0.15, -0.1) is 0 Å². The van der Waals surface area contributed by atoms with Crippen molar-refractivity contribution in [3.05, 3.63) is 36.4 Å². The molecule has 0 radical (unpaired) electrons. The van der Waals surface area contributed by atoms with Crippen LogP contribution in [0.4, 0.5) is 0 Å². The summed E-state index contributed by atoms with van der Waals surface area (Å²) in [6.45, 7) is 1.56. The van der Waals surface area contributed by atoms with E-state index in [1.165, 1.54) is 6.92 Å². The molecule has 0 atom stereocenters. The maximum Gasteiger partial charge on any atom is 0.169 e. The van der Waals surface area contributed by atoms with Crippen LogP contribution in [0.3, 0.4) is 0 Å². The van der Waals surface area contributed by atoms with Crippen LogP contribution < -0.4 is 9.47 Å². The van der Waals surface area contributed by atoms with Gasteiger partial charge in [0.15, 0.2) is 17.3 Å². The van der Waals surface area contributed by atoms with Gasteiger partial charge in [0, 0.05) is 5.39 Å². The van der Waals surface area contributed by atoms with Gasteiger partial charge in [0.1, 0.15) is 6.61 Å². The second-order valence-electron chi connectivity index (χ2n) is 3.81. The van der Waals surface area contributed by atoms with Crippen LogP contribution in [0, 0.1) is 0 Å². The molecule has 0 unspecified atom stereocenters. The van der Waals surface area contributed by atoms with Gasteiger partial charge >= 0.3 is 0 Å². The number of hydrogen-bond donors (Lipinski definition) is 0. The molecule has 2 aromatic carbocycles. The molecule has 0 spiro atoms. The number of ketones is 1. The number of carbonyl (C=O) groups excluding carboxylic acids is 1. The molecule has 2 aromatic rings. The first kappa shape index (κ1) is 11.5. The fourth-order valence-corrected chi connectivity index (χ4v) is 1.71. The van der Waals surface area contributed by atoms with E-state index in [2.05, 4.69) is 0 Å². The third kappa shape index (κ3) is 2.38. The molecular weight excluding hydrogens is 216 g/mol. The Bertz CT molecular complexity index is 546. The van der Waals surface area contributed by atoms with Crippen LogP contribution >= 0.6 is 0 Å². The lowest BCUT2D eigenvalue weighted by molar-refractivity contribution is -0.118. The summed E-state index contributed by atoms with van der Waals surface area (Å²) in [7, 11) is 1.59. The molecule has 0 aliphatic carbocycles. The fourth-order valence-electron chi connectivity index (χ4n) is 1.71. The number of carbonyl (C=O) groups is 1. The predicted octanol–water partition coefficient (Wildman–Crippen LogP) is 2.82. The number of hydrogen-bond acceptors (Lipinski definition) is 3. The van der Waals surface area contributed by atoms with Gasteiger partial charge in [0.25, 0.3) is 0 Å². The molecule has 0 saturated carbocycles.